The van der Waals surface area contributed by atoms with Gasteiger partial charge in [0.1, 0.15) is 5.75 Å². The molecular weight excluding hydrogens is 330 g/mol. The maximum Gasteiger partial charge on any atom is 0.344 e. The molecule has 0 saturated carbocycles. The summed E-state index contributed by atoms with van der Waals surface area (Å²) in [4.78, 5) is 18.9. The van der Waals surface area contributed by atoms with Crippen molar-refractivity contribution in [2.45, 2.75) is 0 Å². The van der Waals surface area contributed by atoms with Crippen molar-refractivity contribution in [1.82, 2.24) is 10.3 Å². The third-order valence-corrected chi connectivity index (χ3v) is 4.45. The summed E-state index contributed by atoms with van der Waals surface area (Å²) in [7, 11) is 0. The van der Waals surface area contributed by atoms with E-state index in [0.29, 0.717) is 22.2 Å². The van der Waals surface area contributed by atoms with Crippen LogP contribution in [-0.4, -0.2) is 42.2 Å². The third-order valence-electron chi connectivity index (χ3n) is 4.45. The molecule has 1 aliphatic rings. The SMILES string of the molecule is O=C(Oc1ccc(N2CCNCC2)cc1)c1cc(O)nc2ccccc12. The Hall–Kier alpha value is -3.12. The van der Waals surface area contributed by atoms with E-state index in [9.17, 15) is 9.90 Å². The Labute approximate surface area is 151 Å². The number of para-hydroxylation sites is 1. The lowest BCUT2D eigenvalue weighted by Crippen LogP contribution is -2.43. The zero-order valence-corrected chi connectivity index (χ0v) is 14.2. The predicted molar refractivity (Wildman–Crippen MR) is 99.9 cm³/mol. The van der Waals surface area contributed by atoms with Gasteiger partial charge in [0.2, 0.25) is 5.88 Å². The van der Waals surface area contributed by atoms with Gasteiger partial charge < -0.3 is 20.1 Å². The molecule has 132 valence electrons. The van der Waals surface area contributed by atoms with E-state index in [-0.39, 0.29) is 5.88 Å². The second kappa shape index (κ2) is 7.01. The first-order chi connectivity index (χ1) is 12.7. The van der Waals surface area contributed by atoms with E-state index in [0.717, 1.165) is 31.9 Å². The number of pyridine rings is 1. The number of aromatic hydroxyl groups is 1. The maximum atomic E-state index is 12.6. The van der Waals surface area contributed by atoms with Gasteiger partial charge in [0.05, 0.1) is 11.1 Å². The van der Waals surface area contributed by atoms with E-state index in [1.807, 2.05) is 18.2 Å². The van der Waals surface area contributed by atoms with Gasteiger partial charge in [-0.15, -0.1) is 0 Å². The number of hydrogen-bond donors (Lipinski definition) is 2. The standard InChI is InChI=1S/C20H19N3O3/c24-19-13-17(16-3-1-2-4-18(16)22-19)20(25)26-15-7-5-14(6-8-15)23-11-9-21-10-12-23/h1-8,13,21H,9-12H2,(H,22,24). The number of rotatable bonds is 3. The van der Waals surface area contributed by atoms with Gasteiger partial charge in [0.15, 0.2) is 0 Å². The molecule has 0 bridgehead atoms. The van der Waals surface area contributed by atoms with E-state index >= 15 is 0 Å². The van der Waals surface area contributed by atoms with Crippen LogP contribution in [0, 0.1) is 0 Å². The van der Waals surface area contributed by atoms with Crippen molar-refractivity contribution in [1.29, 1.82) is 0 Å². The highest BCUT2D eigenvalue weighted by molar-refractivity contribution is 6.04. The zero-order chi connectivity index (χ0) is 17.9. The van der Waals surface area contributed by atoms with Gasteiger partial charge in [-0.3, -0.25) is 0 Å². The number of ether oxygens (including phenoxy) is 1. The molecule has 1 aromatic heterocycles. The first-order valence-corrected chi connectivity index (χ1v) is 8.57. The van der Waals surface area contributed by atoms with Crippen LogP contribution in [0.4, 0.5) is 5.69 Å². The Morgan fingerprint density at radius 3 is 2.58 bits per heavy atom. The van der Waals surface area contributed by atoms with Crippen LogP contribution in [0.1, 0.15) is 10.4 Å². The molecule has 0 atom stereocenters. The molecule has 0 unspecified atom stereocenters. The first kappa shape index (κ1) is 16.4. The molecular formula is C20H19N3O3. The molecule has 6 heteroatoms. The summed E-state index contributed by atoms with van der Waals surface area (Å²) in [5.74, 6) is -0.257. The van der Waals surface area contributed by atoms with E-state index in [1.54, 1.807) is 30.3 Å². The summed E-state index contributed by atoms with van der Waals surface area (Å²) >= 11 is 0. The average molecular weight is 349 g/mol. The second-order valence-electron chi connectivity index (χ2n) is 6.17. The predicted octanol–water partition coefficient (Wildman–Crippen LogP) is 2.57. The van der Waals surface area contributed by atoms with E-state index in [4.69, 9.17) is 4.74 Å². The third kappa shape index (κ3) is 3.32. The number of carbonyl (C=O) groups is 1. The van der Waals surface area contributed by atoms with Crippen molar-refractivity contribution in [3.8, 4) is 11.6 Å². The van der Waals surface area contributed by atoms with Crippen molar-refractivity contribution in [3.05, 3.63) is 60.2 Å². The zero-order valence-electron chi connectivity index (χ0n) is 14.2. The molecule has 6 nitrogen and oxygen atoms in total. The lowest BCUT2D eigenvalue weighted by molar-refractivity contribution is 0.0736. The fourth-order valence-electron chi connectivity index (χ4n) is 3.14. The highest BCUT2D eigenvalue weighted by Gasteiger charge is 2.16. The molecule has 2 heterocycles. The molecule has 26 heavy (non-hydrogen) atoms. The number of benzene rings is 2. The maximum absolute atomic E-state index is 12.6. The Kier molecular flexibility index (Phi) is 4.41. The van der Waals surface area contributed by atoms with Gasteiger partial charge in [0, 0.05) is 43.3 Å². The smallest absolute Gasteiger partial charge is 0.344 e. The minimum absolute atomic E-state index is 0.204. The quantitative estimate of drug-likeness (QED) is 0.559. The van der Waals surface area contributed by atoms with Crippen LogP contribution >= 0.6 is 0 Å². The summed E-state index contributed by atoms with van der Waals surface area (Å²) in [6.45, 7) is 3.85. The molecule has 0 aliphatic carbocycles. The Morgan fingerprint density at radius 1 is 1.08 bits per heavy atom. The number of aromatic nitrogens is 1. The summed E-state index contributed by atoms with van der Waals surface area (Å²) < 4.78 is 5.50. The van der Waals surface area contributed by atoms with E-state index < -0.39 is 5.97 Å². The topological polar surface area (TPSA) is 74.7 Å². The van der Waals surface area contributed by atoms with Gasteiger partial charge >= 0.3 is 5.97 Å². The fraction of sp³-hybridized carbons (Fsp3) is 0.200. The number of nitrogens with one attached hydrogen (secondary N) is 1. The van der Waals surface area contributed by atoms with Crippen LogP contribution in [0.2, 0.25) is 0 Å². The lowest BCUT2D eigenvalue weighted by atomic mass is 10.1. The highest BCUT2D eigenvalue weighted by Crippen LogP contribution is 2.24. The molecule has 0 amide bonds. The number of anilines is 1. The van der Waals surface area contributed by atoms with Crippen molar-refractivity contribution < 1.29 is 14.6 Å². The molecule has 1 fully saturated rings. The molecule has 2 N–H and O–H groups in total. The molecule has 1 saturated heterocycles. The van der Waals surface area contributed by atoms with Gasteiger partial charge in [0.25, 0.3) is 0 Å². The van der Waals surface area contributed by atoms with Crippen LogP contribution in [0.25, 0.3) is 10.9 Å². The number of carbonyl (C=O) groups excluding carboxylic acids is 1. The fourth-order valence-corrected chi connectivity index (χ4v) is 3.14. The first-order valence-electron chi connectivity index (χ1n) is 8.57. The molecule has 0 spiro atoms. The summed E-state index contributed by atoms with van der Waals surface area (Å²) in [6, 6.07) is 16.0. The number of hydrogen-bond acceptors (Lipinski definition) is 6. The van der Waals surface area contributed by atoms with Crippen molar-refractivity contribution in [2.75, 3.05) is 31.1 Å². The van der Waals surface area contributed by atoms with Gasteiger partial charge in [-0.05, 0) is 30.3 Å². The minimum atomic E-state index is -0.520. The largest absolute Gasteiger partial charge is 0.493 e. The lowest BCUT2D eigenvalue weighted by Gasteiger charge is -2.29. The van der Waals surface area contributed by atoms with Gasteiger partial charge in [-0.25, -0.2) is 9.78 Å². The van der Waals surface area contributed by atoms with Crippen LogP contribution in [0.3, 0.4) is 0 Å². The number of fused-ring (bicyclic) bond motifs is 1. The van der Waals surface area contributed by atoms with Crippen molar-refractivity contribution in [3.63, 3.8) is 0 Å². The van der Waals surface area contributed by atoms with Crippen LogP contribution < -0.4 is 15.0 Å². The Balaban J connectivity index is 1.55. The van der Waals surface area contributed by atoms with Gasteiger partial charge in [-0.1, -0.05) is 18.2 Å². The number of nitrogens with zero attached hydrogens (tertiary/aromatic N) is 2. The minimum Gasteiger partial charge on any atom is -0.493 e. The molecule has 3 aromatic rings. The van der Waals surface area contributed by atoms with E-state index in [1.165, 1.54) is 6.07 Å². The monoisotopic (exact) mass is 349 g/mol. The van der Waals surface area contributed by atoms with Crippen molar-refractivity contribution in [2.24, 2.45) is 0 Å². The number of esters is 1. The molecule has 2 aromatic carbocycles. The normalized spacial score (nSPS) is 14.4. The van der Waals surface area contributed by atoms with E-state index in [2.05, 4.69) is 15.2 Å². The van der Waals surface area contributed by atoms with Crippen molar-refractivity contribution >= 4 is 22.6 Å². The summed E-state index contributed by atoms with van der Waals surface area (Å²) in [5.41, 5.74) is 1.95. The Morgan fingerprint density at radius 2 is 1.81 bits per heavy atom. The number of piperazine rings is 1. The highest BCUT2D eigenvalue weighted by atomic mass is 16.5. The van der Waals surface area contributed by atoms with Gasteiger partial charge in [-0.2, -0.15) is 0 Å². The molecule has 1 aliphatic heterocycles. The summed E-state index contributed by atoms with van der Waals surface area (Å²) in [5, 5.41) is 13.7. The second-order valence-corrected chi connectivity index (χ2v) is 6.17. The summed E-state index contributed by atoms with van der Waals surface area (Å²) in [6.07, 6.45) is 0. The van der Waals surface area contributed by atoms with Crippen LogP contribution in [0.15, 0.2) is 54.6 Å². The Bertz CT molecular complexity index is 935. The van der Waals surface area contributed by atoms with Crippen LogP contribution in [0.5, 0.6) is 11.6 Å². The molecule has 4 rings (SSSR count). The molecule has 0 radical (unpaired) electrons. The van der Waals surface area contributed by atoms with Crippen LogP contribution in [-0.2, 0) is 0 Å². The average Bonchev–Trinajstić information content (AvgIpc) is 2.68.